The molecule has 3 aliphatic rings. The molecule has 1 N–H and O–H groups in total. The van der Waals surface area contributed by atoms with Gasteiger partial charge in [-0.2, -0.15) is 8.78 Å². The minimum absolute atomic E-state index is 0.0382. The van der Waals surface area contributed by atoms with Crippen LogP contribution in [0.1, 0.15) is 53.6 Å². The Morgan fingerprint density at radius 2 is 1.97 bits per heavy atom. The Labute approximate surface area is 206 Å². The third-order valence-corrected chi connectivity index (χ3v) is 6.71. The van der Waals surface area contributed by atoms with E-state index in [0.717, 1.165) is 18.4 Å². The lowest BCUT2D eigenvalue weighted by Gasteiger charge is -2.22. The maximum Gasteiger partial charge on any atom is 0.387 e. The maximum absolute atomic E-state index is 13.2. The quantitative estimate of drug-likeness (QED) is 0.595. The predicted octanol–water partition coefficient (Wildman–Crippen LogP) is 3.99. The lowest BCUT2D eigenvalue weighted by Crippen LogP contribution is -2.42. The van der Waals surface area contributed by atoms with E-state index in [1.165, 1.54) is 24.1 Å². The number of anilines is 1. The highest BCUT2D eigenvalue weighted by Gasteiger charge is 2.39. The van der Waals surface area contributed by atoms with Crippen molar-refractivity contribution in [3.63, 3.8) is 0 Å². The Balaban J connectivity index is 1.33. The van der Waals surface area contributed by atoms with E-state index in [1.807, 2.05) is 0 Å². The zero-order valence-corrected chi connectivity index (χ0v) is 19.6. The van der Waals surface area contributed by atoms with Gasteiger partial charge < -0.3 is 19.7 Å². The molecule has 10 heteroatoms. The first kappa shape index (κ1) is 23.9. The van der Waals surface area contributed by atoms with Crippen molar-refractivity contribution in [2.75, 3.05) is 18.5 Å². The third kappa shape index (κ3) is 5.07. The van der Waals surface area contributed by atoms with Crippen LogP contribution in [0.4, 0.5) is 14.5 Å². The van der Waals surface area contributed by atoms with E-state index in [2.05, 4.69) is 15.0 Å². The summed E-state index contributed by atoms with van der Waals surface area (Å²) in [5.74, 6) is -0.499. The molecule has 1 aliphatic carbocycles. The van der Waals surface area contributed by atoms with Gasteiger partial charge in [0.15, 0.2) is 11.5 Å². The lowest BCUT2D eigenvalue weighted by atomic mass is 9.95. The molecular formula is C26H25F2N3O5. The second-order valence-corrected chi connectivity index (χ2v) is 9.31. The topological polar surface area (TPSA) is 97.3 Å². The number of alkyl halides is 2. The Kier molecular flexibility index (Phi) is 6.42. The summed E-state index contributed by atoms with van der Waals surface area (Å²) in [5, 5.41) is 2.83. The molecule has 188 valence electrons. The molecule has 0 radical (unpaired) electrons. The molecule has 2 fully saturated rings. The molecule has 3 amide bonds. The van der Waals surface area contributed by atoms with E-state index in [4.69, 9.17) is 4.74 Å². The molecule has 2 aromatic rings. The number of nitrogens with one attached hydrogen (secondary N) is 1. The molecule has 1 saturated carbocycles. The predicted molar refractivity (Wildman–Crippen MR) is 127 cm³/mol. The van der Waals surface area contributed by atoms with Crippen LogP contribution in [0.5, 0.6) is 11.5 Å². The molecule has 2 atom stereocenters. The number of benzene rings is 2. The second kappa shape index (κ2) is 9.67. The molecule has 8 nitrogen and oxygen atoms in total. The largest absolute Gasteiger partial charge is 0.489 e. The van der Waals surface area contributed by atoms with E-state index in [9.17, 15) is 23.2 Å². The minimum Gasteiger partial charge on any atom is -0.489 e. The summed E-state index contributed by atoms with van der Waals surface area (Å²) >= 11 is 0. The van der Waals surface area contributed by atoms with Crippen molar-refractivity contribution in [1.82, 2.24) is 4.90 Å². The number of carbonyl (C=O) groups is 3. The number of rotatable bonds is 8. The maximum atomic E-state index is 13.2. The Morgan fingerprint density at radius 1 is 1.17 bits per heavy atom. The van der Waals surface area contributed by atoms with Crippen LogP contribution in [0.25, 0.3) is 0 Å². The van der Waals surface area contributed by atoms with Crippen LogP contribution in [0.3, 0.4) is 0 Å². The zero-order chi connectivity index (χ0) is 25.4. The van der Waals surface area contributed by atoms with Crippen molar-refractivity contribution in [1.29, 1.82) is 0 Å². The number of hydrogen-bond donors (Lipinski definition) is 1. The van der Waals surface area contributed by atoms with Crippen LogP contribution < -0.4 is 14.8 Å². The van der Waals surface area contributed by atoms with Crippen LogP contribution in [0, 0.1) is 5.92 Å². The highest BCUT2D eigenvalue weighted by Crippen LogP contribution is 2.39. The molecule has 0 aromatic heterocycles. The van der Waals surface area contributed by atoms with Crippen LogP contribution in [-0.4, -0.2) is 54.6 Å². The molecule has 36 heavy (non-hydrogen) atoms. The first-order valence-electron chi connectivity index (χ1n) is 11.8. The molecule has 5 rings (SSSR count). The van der Waals surface area contributed by atoms with E-state index >= 15 is 0 Å². The second-order valence-electron chi connectivity index (χ2n) is 9.31. The van der Waals surface area contributed by atoms with Crippen molar-refractivity contribution in [2.45, 2.75) is 44.8 Å². The van der Waals surface area contributed by atoms with E-state index in [-0.39, 0.29) is 35.1 Å². The van der Waals surface area contributed by atoms with Crippen LogP contribution in [0.15, 0.2) is 41.4 Å². The van der Waals surface area contributed by atoms with Crippen molar-refractivity contribution >= 4 is 29.6 Å². The Morgan fingerprint density at radius 3 is 2.69 bits per heavy atom. The number of hydrogen-bond acceptors (Lipinski definition) is 5. The van der Waals surface area contributed by atoms with E-state index in [1.54, 1.807) is 30.3 Å². The van der Waals surface area contributed by atoms with Crippen molar-refractivity contribution in [2.24, 2.45) is 10.9 Å². The fourth-order valence-electron chi connectivity index (χ4n) is 4.62. The monoisotopic (exact) mass is 497 g/mol. The van der Waals surface area contributed by atoms with Gasteiger partial charge in [0.2, 0.25) is 11.8 Å². The fraction of sp³-hybridized carbons (Fsp3) is 0.385. The number of likely N-dealkylation sites (tertiary alicyclic amines) is 1. The van der Waals surface area contributed by atoms with Gasteiger partial charge in [0.25, 0.3) is 5.91 Å². The molecule has 0 bridgehead atoms. The highest BCUT2D eigenvalue weighted by molar-refractivity contribution is 6.13. The smallest absolute Gasteiger partial charge is 0.387 e. The summed E-state index contributed by atoms with van der Waals surface area (Å²) in [6.45, 7) is -0.842. The molecule has 1 unspecified atom stereocenters. The summed E-state index contributed by atoms with van der Waals surface area (Å²) in [6, 6.07) is 8.96. The van der Waals surface area contributed by atoms with Gasteiger partial charge in [-0.3, -0.25) is 14.4 Å². The minimum atomic E-state index is -2.98. The normalized spacial score (nSPS) is 20.6. The standard InChI is InChI=1S/C26H25F2N3O5/c1-14(32)31-12-18(16-4-7-22(36-26(27)28)23(10-16)35-13-15-2-3-15)9-21(31)25(34)30-19-5-6-20-17(8-19)11-29-24(20)33/h4-8,10-11,15,18,21,26H,2-3,9,12-13H2,1H3,(H,30,34)/t18?,21-/m1/s1. The SMILES string of the molecule is CC(=O)N1CC(c2ccc(OC(F)F)c(OCC3CC3)c2)C[C@@H]1C(=O)Nc1ccc2c(c1)C=NC2=O. The molecule has 2 aliphatic heterocycles. The van der Waals surface area contributed by atoms with Crippen LogP contribution >= 0.6 is 0 Å². The fourth-order valence-corrected chi connectivity index (χ4v) is 4.62. The summed E-state index contributed by atoms with van der Waals surface area (Å²) in [5.41, 5.74) is 2.36. The van der Waals surface area contributed by atoms with Gasteiger partial charge in [0.05, 0.1) is 12.2 Å². The third-order valence-electron chi connectivity index (χ3n) is 6.71. The van der Waals surface area contributed by atoms with Gasteiger partial charge >= 0.3 is 6.61 Å². The number of carbonyl (C=O) groups excluding carboxylic acids is 3. The van der Waals surface area contributed by atoms with Crippen molar-refractivity contribution < 1.29 is 32.6 Å². The van der Waals surface area contributed by atoms with Crippen molar-refractivity contribution in [3.05, 3.63) is 53.1 Å². The van der Waals surface area contributed by atoms with Gasteiger partial charge in [0, 0.05) is 36.9 Å². The van der Waals surface area contributed by atoms with E-state index in [0.29, 0.717) is 42.3 Å². The average molecular weight is 497 g/mol. The highest BCUT2D eigenvalue weighted by atomic mass is 19.3. The first-order valence-corrected chi connectivity index (χ1v) is 11.8. The van der Waals surface area contributed by atoms with E-state index < -0.39 is 12.7 Å². The molecule has 1 saturated heterocycles. The zero-order valence-electron chi connectivity index (χ0n) is 19.6. The summed E-state index contributed by atoms with van der Waals surface area (Å²) in [6.07, 6.45) is 3.90. The van der Waals surface area contributed by atoms with Gasteiger partial charge in [-0.05, 0) is 61.1 Å². The number of halogens is 2. The summed E-state index contributed by atoms with van der Waals surface area (Å²) < 4.78 is 36.2. The molecule has 0 spiro atoms. The van der Waals surface area contributed by atoms with Gasteiger partial charge in [-0.25, -0.2) is 4.99 Å². The van der Waals surface area contributed by atoms with Crippen LogP contribution in [0.2, 0.25) is 0 Å². The van der Waals surface area contributed by atoms with Gasteiger partial charge in [-0.1, -0.05) is 6.07 Å². The molecular weight excluding hydrogens is 472 g/mol. The molecule has 2 heterocycles. The molecule has 2 aromatic carbocycles. The Bertz CT molecular complexity index is 1240. The number of ether oxygens (including phenoxy) is 2. The van der Waals surface area contributed by atoms with Gasteiger partial charge in [-0.15, -0.1) is 0 Å². The average Bonchev–Trinajstić information content (AvgIpc) is 3.44. The van der Waals surface area contributed by atoms with Crippen LogP contribution in [-0.2, 0) is 9.59 Å². The van der Waals surface area contributed by atoms with Crippen molar-refractivity contribution in [3.8, 4) is 11.5 Å². The number of amides is 3. The van der Waals surface area contributed by atoms with Gasteiger partial charge in [0.1, 0.15) is 6.04 Å². The summed E-state index contributed by atoms with van der Waals surface area (Å²) in [4.78, 5) is 42.5. The first-order chi connectivity index (χ1) is 17.3. The number of aliphatic imine (C=N–C) groups is 1. The number of nitrogens with zero attached hydrogens (tertiary/aromatic N) is 2. The number of fused-ring (bicyclic) bond motifs is 1. The Hall–Kier alpha value is -3.82. The lowest BCUT2D eigenvalue weighted by molar-refractivity contribution is -0.134. The summed E-state index contributed by atoms with van der Waals surface area (Å²) in [7, 11) is 0.